The second-order valence-electron chi connectivity index (χ2n) is 2.39. The quantitative estimate of drug-likeness (QED) is 0.646. The lowest BCUT2D eigenvalue weighted by atomic mass is 10.3. The number of nitrogen functional groups attached to an aromatic ring is 1. The first-order valence-electron chi connectivity index (χ1n) is 3.66. The Balaban J connectivity index is 3.45. The van der Waals surface area contributed by atoms with Crippen molar-refractivity contribution in [3.05, 3.63) is 22.2 Å². The van der Waals surface area contributed by atoms with Crippen molar-refractivity contribution < 1.29 is 9.90 Å². The summed E-state index contributed by atoms with van der Waals surface area (Å²) < 4.78 is 1.10. The second-order valence-corrected chi connectivity index (χ2v) is 2.39. The van der Waals surface area contributed by atoms with Crippen LogP contribution in [0.2, 0.25) is 0 Å². The van der Waals surface area contributed by atoms with Gasteiger partial charge in [-0.2, -0.15) is 0 Å². The minimum absolute atomic E-state index is 0.0602. The summed E-state index contributed by atoms with van der Waals surface area (Å²) in [5.74, 6) is -1.25. The fourth-order valence-electron chi connectivity index (χ4n) is 0.974. The van der Waals surface area contributed by atoms with Crippen LogP contribution in [0.1, 0.15) is 17.3 Å². The largest absolute Gasteiger partial charge is 0.478 e. The number of aromatic nitrogens is 2. The molecule has 0 bridgehead atoms. The smallest absolute Gasteiger partial charge is 0.349 e. The zero-order chi connectivity index (χ0) is 10.0. The first-order chi connectivity index (χ1) is 6.07. The zero-order valence-corrected chi connectivity index (χ0v) is 7.02. The molecule has 0 aromatic carbocycles. The lowest BCUT2D eigenvalue weighted by Gasteiger charge is -2.06. The zero-order valence-electron chi connectivity index (χ0n) is 7.02. The molecule has 0 fully saturated rings. The van der Waals surface area contributed by atoms with Crippen LogP contribution < -0.4 is 11.4 Å². The summed E-state index contributed by atoms with van der Waals surface area (Å²) in [7, 11) is 0. The highest BCUT2D eigenvalue weighted by atomic mass is 16.4. The van der Waals surface area contributed by atoms with E-state index in [9.17, 15) is 9.59 Å². The van der Waals surface area contributed by atoms with Crippen LogP contribution in [0.15, 0.2) is 11.0 Å². The lowest BCUT2D eigenvalue weighted by molar-refractivity contribution is 0.0696. The van der Waals surface area contributed by atoms with Gasteiger partial charge in [0.1, 0.15) is 11.4 Å². The van der Waals surface area contributed by atoms with Gasteiger partial charge in [-0.3, -0.25) is 4.57 Å². The molecule has 0 spiro atoms. The van der Waals surface area contributed by atoms with Crippen molar-refractivity contribution in [2.24, 2.45) is 0 Å². The molecule has 0 radical (unpaired) electrons. The summed E-state index contributed by atoms with van der Waals surface area (Å²) in [6.07, 6.45) is 0.964. The molecule has 0 aliphatic heterocycles. The van der Waals surface area contributed by atoms with Crippen LogP contribution in [0.4, 0.5) is 5.82 Å². The Morgan fingerprint density at radius 2 is 2.38 bits per heavy atom. The first kappa shape index (κ1) is 9.24. The van der Waals surface area contributed by atoms with Gasteiger partial charge in [0.25, 0.3) is 0 Å². The van der Waals surface area contributed by atoms with Crippen LogP contribution >= 0.6 is 0 Å². The number of aromatic carboxylic acids is 1. The summed E-state index contributed by atoms with van der Waals surface area (Å²) >= 11 is 0. The molecule has 1 heterocycles. The SMILES string of the molecule is CCn1c(N)c(C(=O)O)cnc1=O. The van der Waals surface area contributed by atoms with Crippen molar-refractivity contribution in [2.75, 3.05) is 5.73 Å². The Kier molecular flexibility index (Phi) is 2.32. The molecular formula is C7H9N3O3. The number of carboxylic acid groups (broad SMARTS) is 1. The standard InChI is InChI=1S/C7H9N3O3/c1-2-10-5(8)4(6(11)12)3-9-7(10)13/h3H,2,8H2,1H3,(H,11,12). The molecule has 0 unspecified atom stereocenters. The van der Waals surface area contributed by atoms with Gasteiger partial charge in [-0.25, -0.2) is 14.6 Å². The number of nitrogens with zero attached hydrogens (tertiary/aromatic N) is 2. The predicted octanol–water partition coefficient (Wildman–Crippen LogP) is -0.456. The van der Waals surface area contributed by atoms with E-state index in [-0.39, 0.29) is 11.4 Å². The van der Waals surface area contributed by atoms with Crippen LogP contribution in [-0.4, -0.2) is 20.6 Å². The molecule has 0 amide bonds. The number of hydrogen-bond donors (Lipinski definition) is 2. The number of anilines is 1. The minimum atomic E-state index is -1.19. The highest BCUT2D eigenvalue weighted by Crippen LogP contribution is 2.06. The molecule has 1 aromatic heterocycles. The van der Waals surface area contributed by atoms with E-state index < -0.39 is 11.7 Å². The van der Waals surface area contributed by atoms with E-state index in [4.69, 9.17) is 10.8 Å². The molecule has 70 valence electrons. The Hall–Kier alpha value is -1.85. The fraction of sp³-hybridized carbons (Fsp3) is 0.286. The Morgan fingerprint density at radius 1 is 1.77 bits per heavy atom. The maximum absolute atomic E-state index is 11.0. The van der Waals surface area contributed by atoms with Crippen molar-refractivity contribution in [2.45, 2.75) is 13.5 Å². The van der Waals surface area contributed by atoms with E-state index in [0.29, 0.717) is 6.54 Å². The monoisotopic (exact) mass is 183 g/mol. The highest BCUT2D eigenvalue weighted by molar-refractivity contribution is 5.92. The third-order valence-electron chi connectivity index (χ3n) is 1.65. The Morgan fingerprint density at radius 3 is 2.85 bits per heavy atom. The molecule has 0 atom stereocenters. The number of hydrogen-bond acceptors (Lipinski definition) is 4. The van der Waals surface area contributed by atoms with Gasteiger partial charge < -0.3 is 10.8 Å². The molecular weight excluding hydrogens is 174 g/mol. The molecule has 3 N–H and O–H groups in total. The molecule has 1 rings (SSSR count). The van der Waals surface area contributed by atoms with Crippen LogP contribution in [-0.2, 0) is 6.54 Å². The normalized spacial score (nSPS) is 9.92. The van der Waals surface area contributed by atoms with Gasteiger partial charge in [-0.15, -0.1) is 0 Å². The summed E-state index contributed by atoms with van der Waals surface area (Å²) in [6.45, 7) is 1.99. The molecule has 0 saturated carbocycles. The van der Waals surface area contributed by atoms with Crippen molar-refractivity contribution >= 4 is 11.8 Å². The highest BCUT2D eigenvalue weighted by Gasteiger charge is 2.12. The summed E-state index contributed by atoms with van der Waals surface area (Å²) in [6, 6.07) is 0. The summed E-state index contributed by atoms with van der Waals surface area (Å²) in [4.78, 5) is 25.0. The van der Waals surface area contributed by atoms with E-state index in [0.717, 1.165) is 10.8 Å². The fourth-order valence-corrected chi connectivity index (χ4v) is 0.974. The minimum Gasteiger partial charge on any atom is -0.478 e. The number of carbonyl (C=O) groups is 1. The van der Waals surface area contributed by atoms with E-state index in [2.05, 4.69) is 4.98 Å². The average Bonchev–Trinajstić information content (AvgIpc) is 2.04. The van der Waals surface area contributed by atoms with Crippen molar-refractivity contribution in [1.29, 1.82) is 0 Å². The van der Waals surface area contributed by atoms with E-state index in [1.807, 2.05) is 0 Å². The van der Waals surface area contributed by atoms with E-state index in [1.165, 1.54) is 0 Å². The van der Waals surface area contributed by atoms with Crippen LogP contribution in [0.25, 0.3) is 0 Å². The van der Waals surface area contributed by atoms with Crippen molar-refractivity contribution in [3.8, 4) is 0 Å². The summed E-state index contributed by atoms with van der Waals surface area (Å²) in [5, 5.41) is 8.64. The van der Waals surface area contributed by atoms with Gasteiger partial charge >= 0.3 is 11.7 Å². The van der Waals surface area contributed by atoms with Gasteiger partial charge in [-0.05, 0) is 6.92 Å². The molecule has 0 aliphatic rings. The van der Waals surface area contributed by atoms with Crippen molar-refractivity contribution in [3.63, 3.8) is 0 Å². The van der Waals surface area contributed by atoms with Crippen LogP contribution in [0, 0.1) is 0 Å². The second kappa shape index (κ2) is 3.26. The number of carboxylic acids is 1. The summed E-state index contributed by atoms with van der Waals surface area (Å²) in [5.41, 5.74) is 4.75. The topological polar surface area (TPSA) is 98.2 Å². The molecule has 0 saturated heterocycles. The van der Waals surface area contributed by atoms with Gasteiger partial charge in [0.2, 0.25) is 0 Å². The van der Waals surface area contributed by atoms with Gasteiger partial charge in [0.15, 0.2) is 0 Å². The van der Waals surface area contributed by atoms with E-state index in [1.54, 1.807) is 6.92 Å². The molecule has 1 aromatic rings. The molecule has 6 nitrogen and oxygen atoms in total. The molecule has 6 heteroatoms. The average molecular weight is 183 g/mol. The van der Waals surface area contributed by atoms with Crippen LogP contribution in [0.5, 0.6) is 0 Å². The molecule has 0 aliphatic carbocycles. The number of nitrogens with two attached hydrogens (primary N) is 1. The Labute approximate surface area is 73.6 Å². The Bertz CT molecular complexity index is 396. The lowest BCUT2D eigenvalue weighted by Crippen LogP contribution is -2.26. The van der Waals surface area contributed by atoms with Gasteiger partial charge in [0.05, 0.1) is 6.20 Å². The first-order valence-corrected chi connectivity index (χ1v) is 3.66. The molecule has 13 heavy (non-hydrogen) atoms. The van der Waals surface area contributed by atoms with E-state index >= 15 is 0 Å². The maximum atomic E-state index is 11.0. The van der Waals surface area contributed by atoms with Gasteiger partial charge in [-0.1, -0.05) is 0 Å². The third-order valence-corrected chi connectivity index (χ3v) is 1.65. The van der Waals surface area contributed by atoms with Gasteiger partial charge in [0, 0.05) is 6.54 Å². The third kappa shape index (κ3) is 1.51. The van der Waals surface area contributed by atoms with Crippen molar-refractivity contribution in [1.82, 2.24) is 9.55 Å². The van der Waals surface area contributed by atoms with Crippen LogP contribution in [0.3, 0.4) is 0 Å². The number of rotatable bonds is 2. The maximum Gasteiger partial charge on any atom is 0.349 e. The predicted molar refractivity (Wildman–Crippen MR) is 45.5 cm³/mol.